The van der Waals surface area contributed by atoms with Crippen molar-refractivity contribution < 1.29 is 4.79 Å². The molecule has 0 saturated carbocycles. The zero-order valence-electron chi connectivity index (χ0n) is 15.0. The van der Waals surface area contributed by atoms with E-state index in [1.165, 1.54) is 11.8 Å². The molecule has 26 heavy (non-hydrogen) atoms. The summed E-state index contributed by atoms with van der Waals surface area (Å²) >= 11 is 0. The fourth-order valence-corrected chi connectivity index (χ4v) is 2.78. The van der Waals surface area contributed by atoms with Gasteiger partial charge in [-0.25, -0.2) is 9.97 Å². The lowest BCUT2D eigenvalue weighted by Crippen LogP contribution is -2.31. The number of nitrogens with zero attached hydrogens (tertiary/aromatic N) is 3. The fourth-order valence-electron chi connectivity index (χ4n) is 2.78. The average molecular weight is 346 g/mol. The molecular weight excluding hydrogens is 324 g/mol. The van der Waals surface area contributed by atoms with E-state index in [0.717, 1.165) is 17.8 Å². The van der Waals surface area contributed by atoms with Gasteiger partial charge in [-0.3, -0.25) is 4.79 Å². The number of nitrogens with one attached hydrogen (secondary N) is 1. The van der Waals surface area contributed by atoms with Crippen molar-refractivity contribution in [2.75, 3.05) is 16.8 Å². The normalized spacial score (nSPS) is 10.4. The minimum atomic E-state index is -0.160. The van der Waals surface area contributed by atoms with Crippen LogP contribution in [0.2, 0.25) is 0 Å². The van der Waals surface area contributed by atoms with Crippen LogP contribution in [-0.2, 0) is 6.42 Å². The van der Waals surface area contributed by atoms with E-state index < -0.39 is 0 Å². The largest absolute Gasteiger partial charge is 0.339 e. The molecule has 1 aromatic heterocycles. The van der Waals surface area contributed by atoms with E-state index in [4.69, 9.17) is 0 Å². The lowest BCUT2D eigenvalue weighted by molar-refractivity contribution is 0.0983. The zero-order valence-corrected chi connectivity index (χ0v) is 15.0. The van der Waals surface area contributed by atoms with E-state index in [-0.39, 0.29) is 5.91 Å². The SMILES string of the molecule is CCc1ccccc1Nc1cnc(C(=O)N(CC)c2ccccc2)cn1. The van der Waals surface area contributed by atoms with Crippen LogP contribution in [0.15, 0.2) is 67.0 Å². The number of benzene rings is 2. The number of aryl methyl sites for hydroxylation is 1. The van der Waals surface area contributed by atoms with Crippen LogP contribution < -0.4 is 10.2 Å². The fraction of sp³-hybridized carbons (Fsp3) is 0.190. The number of carbonyl (C=O) groups is 1. The summed E-state index contributed by atoms with van der Waals surface area (Å²) in [5, 5.41) is 3.27. The molecule has 0 fully saturated rings. The number of aromatic nitrogens is 2. The number of hydrogen-bond acceptors (Lipinski definition) is 4. The predicted molar refractivity (Wildman–Crippen MR) is 105 cm³/mol. The molecule has 132 valence electrons. The van der Waals surface area contributed by atoms with Crippen LogP contribution in [0.3, 0.4) is 0 Å². The molecule has 2 aromatic carbocycles. The molecule has 5 heteroatoms. The van der Waals surface area contributed by atoms with Gasteiger partial charge in [-0.15, -0.1) is 0 Å². The molecule has 1 amide bonds. The molecule has 1 heterocycles. The summed E-state index contributed by atoms with van der Waals surface area (Å²) < 4.78 is 0. The number of anilines is 3. The molecule has 3 aromatic rings. The first kappa shape index (κ1) is 17.6. The van der Waals surface area contributed by atoms with Crippen LogP contribution in [0.4, 0.5) is 17.2 Å². The summed E-state index contributed by atoms with van der Waals surface area (Å²) in [6.45, 7) is 4.61. The molecule has 0 aliphatic rings. The first-order chi connectivity index (χ1) is 12.7. The van der Waals surface area contributed by atoms with E-state index in [9.17, 15) is 4.79 Å². The Kier molecular flexibility index (Phi) is 5.59. The third kappa shape index (κ3) is 3.88. The minimum absolute atomic E-state index is 0.160. The van der Waals surface area contributed by atoms with Crippen molar-refractivity contribution in [1.82, 2.24) is 9.97 Å². The maximum Gasteiger partial charge on any atom is 0.278 e. The first-order valence-electron chi connectivity index (χ1n) is 8.76. The van der Waals surface area contributed by atoms with E-state index in [1.807, 2.05) is 55.5 Å². The van der Waals surface area contributed by atoms with E-state index in [1.54, 1.807) is 11.1 Å². The molecule has 0 saturated heterocycles. The van der Waals surface area contributed by atoms with Crippen LogP contribution in [0, 0.1) is 0 Å². The van der Waals surface area contributed by atoms with Crippen molar-refractivity contribution in [2.24, 2.45) is 0 Å². The third-order valence-corrected chi connectivity index (χ3v) is 4.16. The first-order valence-corrected chi connectivity index (χ1v) is 8.76. The summed E-state index contributed by atoms with van der Waals surface area (Å²) in [6, 6.07) is 17.6. The van der Waals surface area contributed by atoms with Crippen molar-refractivity contribution in [3.8, 4) is 0 Å². The van der Waals surface area contributed by atoms with Gasteiger partial charge in [0.1, 0.15) is 11.5 Å². The Bertz CT molecular complexity index is 863. The Hall–Kier alpha value is -3.21. The number of para-hydroxylation sites is 2. The van der Waals surface area contributed by atoms with Gasteiger partial charge in [-0.1, -0.05) is 43.3 Å². The highest BCUT2D eigenvalue weighted by atomic mass is 16.2. The Morgan fingerprint density at radius 2 is 1.69 bits per heavy atom. The maximum atomic E-state index is 12.7. The Morgan fingerprint density at radius 1 is 0.962 bits per heavy atom. The molecule has 0 atom stereocenters. The highest BCUT2D eigenvalue weighted by Gasteiger charge is 2.17. The lowest BCUT2D eigenvalue weighted by atomic mass is 10.1. The van der Waals surface area contributed by atoms with Crippen LogP contribution in [0.25, 0.3) is 0 Å². The summed E-state index contributed by atoms with van der Waals surface area (Å²) in [5.41, 5.74) is 3.38. The van der Waals surface area contributed by atoms with Crippen molar-refractivity contribution in [3.05, 3.63) is 78.2 Å². The second kappa shape index (κ2) is 8.25. The molecule has 0 bridgehead atoms. The standard InChI is InChI=1S/C21H22N4O/c1-3-16-10-8-9-13-18(16)24-20-15-22-19(14-23-20)21(26)25(4-2)17-11-6-5-7-12-17/h5-15H,3-4H2,1-2H3,(H,23,24). The second-order valence-electron chi connectivity index (χ2n) is 5.81. The molecule has 0 aliphatic carbocycles. The summed E-state index contributed by atoms with van der Waals surface area (Å²) in [4.78, 5) is 23.1. The van der Waals surface area contributed by atoms with Crippen molar-refractivity contribution in [2.45, 2.75) is 20.3 Å². The van der Waals surface area contributed by atoms with E-state index in [0.29, 0.717) is 18.1 Å². The molecule has 0 spiro atoms. The van der Waals surface area contributed by atoms with Gasteiger partial charge in [0.2, 0.25) is 0 Å². The monoisotopic (exact) mass is 346 g/mol. The van der Waals surface area contributed by atoms with E-state index in [2.05, 4.69) is 28.3 Å². The zero-order chi connectivity index (χ0) is 18.4. The number of carbonyl (C=O) groups excluding carboxylic acids is 1. The van der Waals surface area contributed by atoms with E-state index >= 15 is 0 Å². The topological polar surface area (TPSA) is 58.1 Å². The quantitative estimate of drug-likeness (QED) is 0.716. The van der Waals surface area contributed by atoms with Gasteiger partial charge in [0, 0.05) is 17.9 Å². The summed E-state index contributed by atoms with van der Waals surface area (Å²) in [6.07, 6.45) is 4.04. The Balaban J connectivity index is 1.77. The Labute approximate surface area is 153 Å². The molecule has 0 unspecified atom stereocenters. The highest BCUT2D eigenvalue weighted by molar-refractivity contribution is 6.04. The molecule has 3 rings (SSSR count). The lowest BCUT2D eigenvalue weighted by Gasteiger charge is -2.20. The van der Waals surface area contributed by atoms with Crippen LogP contribution in [0.5, 0.6) is 0 Å². The van der Waals surface area contributed by atoms with Crippen LogP contribution in [-0.4, -0.2) is 22.4 Å². The molecule has 5 nitrogen and oxygen atoms in total. The number of rotatable bonds is 6. The van der Waals surface area contributed by atoms with Gasteiger partial charge < -0.3 is 10.2 Å². The predicted octanol–water partition coefficient (Wildman–Crippen LogP) is 4.45. The third-order valence-electron chi connectivity index (χ3n) is 4.16. The molecule has 0 aliphatic heterocycles. The number of hydrogen-bond donors (Lipinski definition) is 1. The smallest absolute Gasteiger partial charge is 0.278 e. The van der Waals surface area contributed by atoms with Gasteiger partial charge >= 0.3 is 0 Å². The van der Waals surface area contributed by atoms with Gasteiger partial charge in [0.15, 0.2) is 0 Å². The molecule has 1 N–H and O–H groups in total. The minimum Gasteiger partial charge on any atom is -0.339 e. The Morgan fingerprint density at radius 3 is 2.35 bits per heavy atom. The molecular formula is C21H22N4O. The highest BCUT2D eigenvalue weighted by Crippen LogP contribution is 2.20. The summed E-state index contributed by atoms with van der Waals surface area (Å²) in [5.74, 6) is 0.455. The average Bonchev–Trinajstić information content (AvgIpc) is 2.70. The van der Waals surface area contributed by atoms with Gasteiger partial charge in [-0.05, 0) is 37.1 Å². The van der Waals surface area contributed by atoms with Gasteiger partial charge in [0.05, 0.1) is 12.4 Å². The van der Waals surface area contributed by atoms with Gasteiger partial charge in [0.25, 0.3) is 5.91 Å². The summed E-state index contributed by atoms with van der Waals surface area (Å²) in [7, 11) is 0. The van der Waals surface area contributed by atoms with Crippen molar-refractivity contribution in [3.63, 3.8) is 0 Å². The van der Waals surface area contributed by atoms with Crippen LogP contribution >= 0.6 is 0 Å². The number of amides is 1. The second-order valence-corrected chi connectivity index (χ2v) is 5.81. The van der Waals surface area contributed by atoms with Gasteiger partial charge in [-0.2, -0.15) is 0 Å². The van der Waals surface area contributed by atoms with Crippen molar-refractivity contribution >= 4 is 23.1 Å². The van der Waals surface area contributed by atoms with Crippen molar-refractivity contribution in [1.29, 1.82) is 0 Å². The molecule has 0 radical (unpaired) electrons. The maximum absolute atomic E-state index is 12.7. The van der Waals surface area contributed by atoms with Crippen LogP contribution in [0.1, 0.15) is 29.9 Å².